The van der Waals surface area contributed by atoms with Gasteiger partial charge in [-0.1, -0.05) is 32.9 Å². The van der Waals surface area contributed by atoms with Crippen LogP contribution in [0.3, 0.4) is 0 Å². The molecular formula is C23H26N4O4S. The van der Waals surface area contributed by atoms with Gasteiger partial charge in [0.2, 0.25) is 5.91 Å². The van der Waals surface area contributed by atoms with E-state index in [1.807, 2.05) is 18.2 Å². The fourth-order valence-electron chi connectivity index (χ4n) is 3.51. The van der Waals surface area contributed by atoms with E-state index in [2.05, 4.69) is 36.7 Å². The van der Waals surface area contributed by atoms with Gasteiger partial charge < -0.3 is 20.0 Å². The van der Waals surface area contributed by atoms with Crippen LogP contribution in [-0.4, -0.2) is 42.4 Å². The van der Waals surface area contributed by atoms with Gasteiger partial charge in [0.1, 0.15) is 11.3 Å². The van der Waals surface area contributed by atoms with Gasteiger partial charge in [0.15, 0.2) is 0 Å². The highest BCUT2D eigenvalue weighted by molar-refractivity contribution is 7.16. The van der Waals surface area contributed by atoms with Gasteiger partial charge in [0.05, 0.1) is 17.5 Å². The van der Waals surface area contributed by atoms with Gasteiger partial charge in [-0.3, -0.25) is 14.9 Å². The molecule has 1 aromatic carbocycles. The van der Waals surface area contributed by atoms with Crippen molar-refractivity contribution in [1.82, 2.24) is 10.2 Å². The largest absolute Gasteiger partial charge is 0.471 e. The summed E-state index contributed by atoms with van der Waals surface area (Å²) in [4.78, 5) is 40.4. The first-order valence-electron chi connectivity index (χ1n) is 10.5. The summed E-state index contributed by atoms with van der Waals surface area (Å²) in [5, 5.41) is 10.6. The number of thiophene rings is 1. The number of carbonyl (C=O) groups is 3. The van der Waals surface area contributed by atoms with Crippen molar-refractivity contribution in [3.8, 4) is 0 Å². The lowest BCUT2D eigenvalue weighted by Crippen LogP contribution is -2.34. The molecule has 2 aromatic heterocycles. The Hall–Kier alpha value is -3.33. The number of urea groups is 1. The van der Waals surface area contributed by atoms with E-state index in [0.717, 1.165) is 15.6 Å². The molecule has 9 heteroatoms. The molecule has 168 valence electrons. The first kappa shape index (κ1) is 21.9. The van der Waals surface area contributed by atoms with Gasteiger partial charge in [-0.2, -0.15) is 0 Å². The molecule has 0 radical (unpaired) electrons. The summed E-state index contributed by atoms with van der Waals surface area (Å²) in [7, 11) is 0. The highest BCUT2D eigenvalue weighted by Crippen LogP contribution is 2.37. The van der Waals surface area contributed by atoms with E-state index in [-0.39, 0.29) is 23.7 Å². The average molecular weight is 455 g/mol. The van der Waals surface area contributed by atoms with Crippen LogP contribution in [0.5, 0.6) is 0 Å². The molecule has 4 amide bonds. The van der Waals surface area contributed by atoms with E-state index in [0.29, 0.717) is 35.9 Å². The smallest absolute Gasteiger partial charge is 0.324 e. The molecule has 1 aliphatic rings. The monoisotopic (exact) mass is 454 g/mol. The second-order valence-corrected chi connectivity index (χ2v) is 9.81. The van der Waals surface area contributed by atoms with Crippen molar-refractivity contribution in [3.05, 3.63) is 47.2 Å². The number of rotatable bonds is 3. The molecule has 0 unspecified atom stereocenters. The average Bonchev–Trinajstić information content (AvgIpc) is 3.32. The fourth-order valence-corrected chi connectivity index (χ4v) is 4.61. The molecule has 3 aromatic rings. The van der Waals surface area contributed by atoms with Gasteiger partial charge in [0.25, 0.3) is 5.91 Å². The van der Waals surface area contributed by atoms with Crippen LogP contribution < -0.4 is 16.0 Å². The van der Waals surface area contributed by atoms with Gasteiger partial charge in [0, 0.05) is 41.7 Å². The van der Waals surface area contributed by atoms with Crippen LogP contribution in [0.15, 0.2) is 41.2 Å². The molecule has 0 aliphatic carbocycles. The van der Waals surface area contributed by atoms with Crippen molar-refractivity contribution in [1.29, 1.82) is 0 Å². The summed E-state index contributed by atoms with van der Waals surface area (Å²) in [6, 6.07) is 6.93. The highest BCUT2D eigenvalue weighted by atomic mass is 32.1. The van der Waals surface area contributed by atoms with Crippen molar-refractivity contribution in [2.24, 2.45) is 0 Å². The third kappa shape index (κ3) is 4.62. The molecule has 3 heterocycles. The first-order valence-corrected chi connectivity index (χ1v) is 11.3. The quantitative estimate of drug-likeness (QED) is 0.546. The van der Waals surface area contributed by atoms with E-state index in [9.17, 15) is 14.4 Å². The summed E-state index contributed by atoms with van der Waals surface area (Å²) >= 11 is 1.39. The number of nitrogens with zero attached hydrogens (tertiary/aromatic N) is 1. The van der Waals surface area contributed by atoms with Crippen LogP contribution in [0.1, 0.15) is 42.4 Å². The zero-order valence-corrected chi connectivity index (χ0v) is 19.1. The number of hydrogen-bond acceptors (Lipinski definition) is 5. The minimum absolute atomic E-state index is 0.0628. The maximum absolute atomic E-state index is 13.3. The van der Waals surface area contributed by atoms with Crippen LogP contribution in [0.25, 0.3) is 10.8 Å². The van der Waals surface area contributed by atoms with E-state index < -0.39 is 6.03 Å². The van der Waals surface area contributed by atoms with Gasteiger partial charge in [-0.05, 0) is 17.5 Å². The number of nitrogens with one attached hydrogen (secondary N) is 3. The Morgan fingerprint density at radius 2 is 1.97 bits per heavy atom. The fraction of sp³-hybridized carbons (Fsp3) is 0.348. The number of amides is 4. The summed E-state index contributed by atoms with van der Waals surface area (Å²) in [5.74, 6) is -0.257. The highest BCUT2D eigenvalue weighted by Gasteiger charge is 2.28. The second kappa shape index (κ2) is 8.66. The number of carbonyl (C=O) groups excluding carboxylic acids is 3. The minimum Gasteiger partial charge on any atom is -0.471 e. The maximum Gasteiger partial charge on any atom is 0.324 e. The summed E-state index contributed by atoms with van der Waals surface area (Å²) in [5.41, 5.74) is 0.867. The predicted octanol–water partition coefficient (Wildman–Crippen LogP) is 4.40. The third-order valence-electron chi connectivity index (χ3n) is 5.30. The Morgan fingerprint density at radius 1 is 1.16 bits per heavy atom. The molecule has 4 rings (SSSR count). The van der Waals surface area contributed by atoms with Crippen molar-refractivity contribution < 1.29 is 18.8 Å². The van der Waals surface area contributed by atoms with E-state index >= 15 is 0 Å². The number of benzene rings is 1. The Labute approximate surface area is 190 Å². The molecule has 0 spiro atoms. The molecule has 32 heavy (non-hydrogen) atoms. The number of fused-ring (bicyclic) bond motifs is 1. The molecule has 1 aliphatic heterocycles. The van der Waals surface area contributed by atoms with Gasteiger partial charge >= 0.3 is 6.03 Å². The van der Waals surface area contributed by atoms with E-state index in [1.54, 1.807) is 23.5 Å². The Bertz CT molecular complexity index is 1170. The van der Waals surface area contributed by atoms with Crippen LogP contribution in [0.4, 0.5) is 15.5 Å². The Morgan fingerprint density at radius 3 is 2.75 bits per heavy atom. The molecule has 1 saturated heterocycles. The SMILES string of the molecule is CC(C)(C)c1cc(C(=O)N2CCNC(=O)CC2)c(NC(=O)Nc2cccc3cocc23)s1. The second-order valence-electron chi connectivity index (χ2n) is 8.75. The Kier molecular flexibility index (Phi) is 5.92. The summed E-state index contributed by atoms with van der Waals surface area (Å²) in [6.07, 6.45) is 3.46. The van der Waals surface area contributed by atoms with Crippen molar-refractivity contribution in [2.75, 3.05) is 30.3 Å². The van der Waals surface area contributed by atoms with Crippen molar-refractivity contribution in [3.63, 3.8) is 0 Å². The van der Waals surface area contributed by atoms with Crippen LogP contribution >= 0.6 is 11.3 Å². The zero-order valence-electron chi connectivity index (χ0n) is 18.3. The molecule has 0 bridgehead atoms. The van der Waals surface area contributed by atoms with Crippen LogP contribution in [0.2, 0.25) is 0 Å². The molecule has 3 N–H and O–H groups in total. The van der Waals surface area contributed by atoms with Crippen molar-refractivity contribution in [2.45, 2.75) is 32.6 Å². The zero-order chi connectivity index (χ0) is 22.9. The number of furan rings is 1. The lowest BCUT2D eigenvalue weighted by Gasteiger charge is -2.20. The first-order chi connectivity index (χ1) is 15.2. The molecular weight excluding hydrogens is 428 g/mol. The molecule has 0 saturated carbocycles. The van der Waals surface area contributed by atoms with Gasteiger partial charge in [-0.25, -0.2) is 4.79 Å². The standard InChI is InChI=1S/C23H26N4O4S/c1-23(2,3)18-11-15(21(29)27-9-7-19(28)24-8-10-27)20(32-18)26-22(30)25-17-6-4-5-14-12-31-13-16(14)17/h4-6,11-13H,7-10H2,1-3H3,(H,24,28)(H2,25,26,30). The molecule has 8 nitrogen and oxygen atoms in total. The molecule has 0 atom stereocenters. The topological polar surface area (TPSA) is 104 Å². The summed E-state index contributed by atoms with van der Waals surface area (Å²) in [6.45, 7) is 7.37. The lowest BCUT2D eigenvalue weighted by molar-refractivity contribution is -0.120. The predicted molar refractivity (Wildman–Crippen MR) is 125 cm³/mol. The van der Waals surface area contributed by atoms with E-state index in [1.165, 1.54) is 11.3 Å². The maximum atomic E-state index is 13.3. The molecule has 1 fully saturated rings. The van der Waals surface area contributed by atoms with Gasteiger partial charge in [-0.15, -0.1) is 11.3 Å². The Balaban J connectivity index is 1.58. The number of hydrogen-bond donors (Lipinski definition) is 3. The normalized spacial score (nSPS) is 14.7. The summed E-state index contributed by atoms with van der Waals surface area (Å²) < 4.78 is 5.23. The minimum atomic E-state index is -0.442. The third-order valence-corrected chi connectivity index (χ3v) is 6.77. The lowest BCUT2D eigenvalue weighted by atomic mass is 9.94. The van der Waals surface area contributed by atoms with Crippen LogP contribution in [0, 0.1) is 0 Å². The van der Waals surface area contributed by atoms with Crippen LogP contribution in [-0.2, 0) is 10.2 Å². The number of anilines is 2. The van der Waals surface area contributed by atoms with Crippen molar-refractivity contribution >= 4 is 50.6 Å². The van der Waals surface area contributed by atoms with E-state index in [4.69, 9.17) is 4.42 Å².